The molecule has 0 saturated carbocycles. The lowest BCUT2D eigenvalue weighted by Crippen LogP contribution is -2.80. The average Bonchev–Trinajstić information content (AvgIpc) is 2.96. The van der Waals surface area contributed by atoms with E-state index in [0.717, 1.165) is 30.3 Å². The molecule has 4 N–H and O–H groups in total. The number of benzene rings is 2. The minimum atomic E-state index is -3.07. The fourth-order valence-electron chi connectivity index (χ4n) is 5.85. The molecule has 1 heterocycles. The van der Waals surface area contributed by atoms with E-state index in [4.69, 9.17) is 9.47 Å². The maximum Gasteiger partial charge on any atom is 0.306 e. The maximum atomic E-state index is 14.5. The summed E-state index contributed by atoms with van der Waals surface area (Å²) in [6.07, 6.45) is -2.02. The van der Waals surface area contributed by atoms with E-state index in [2.05, 4.69) is 0 Å². The second-order valence-electron chi connectivity index (χ2n) is 9.69. The van der Waals surface area contributed by atoms with E-state index in [1.807, 2.05) is 0 Å². The number of hydrogen-bond acceptors (Lipinski definition) is 11. The third-order valence-corrected chi connectivity index (χ3v) is 7.57. The Morgan fingerprint density at radius 2 is 1.24 bits per heavy atom. The predicted molar refractivity (Wildman–Crippen MR) is 144 cm³/mol. The standard InChI is InChI=1S/C30H34O11/c1-6-22(35)28(23(36)7-2)27-20(34)14-17(31)15-21(27)40-29(24(37)8-3,16-11-12-18(32)19(33)13-16)30(28,25(38)9-4)41-26(39)10-5/h11-15,31-34H,6-10H2,1-5H3. The molecule has 41 heavy (non-hydrogen) atoms. The molecule has 220 valence electrons. The van der Waals surface area contributed by atoms with Gasteiger partial charge in [-0.15, -0.1) is 0 Å². The van der Waals surface area contributed by atoms with Gasteiger partial charge < -0.3 is 29.9 Å². The minimum absolute atomic E-state index is 0.323. The largest absolute Gasteiger partial charge is 0.508 e. The fraction of sp³-hybridized carbons (Fsp3) is 0.433. The number of Topliss-reactive ketones (excluding diaryl/α,β-unsaturated/α-hetero) is 4. The highest BCUT2D eigenvalue weighted by Gasteiger charge is 2.82. The van der Waals surface area contributed by atoms with Crippen molar-refractivity contribution < 1.29 is 53.9 Å². The number of carbonyl (C=O) groups excluding carboxylic acids is 5. The Bertz CT molecular complexity index is 1410. The molecule has 0 spiro atoms. The van der Waals surface area contributed by atoms with Gasteiger partial charge in [0.1, 0.15) is 17.2 Å². The number of carbonyl (C=O) groups is 5. The van der Waals surface area contributed by atoms with Crippen LogP contribution in [0, 0.1) is 0 Å². The number of phenols is 4. The van der Waals surface area contributed by atoms with Crippen LogP contribution >= 0.6 is 0 Å². The fourth-order valence-corrected chi connectivity index (χ4v) is 5.85. The first-order valence-electron chi connectivity index (χ1n) is 13.4. The summed E-state index contributed by atoms with van der Waals surface area (Å²) in [6.45, 7) is 7.00. The second kappa shape index (κ2) is 11.2. The van der Waals surface area contributed by atoms with Crippen LogP contribution in [0.25, 0.3) is 0 Å². The van der Waals surface area contributed by atoms with Crippen LogP contribution in [-0.2, 0) is 39.7 Å². The summed E-state index contributed by atoms with van der Waals surface area (Å²) in [7, 11) is 0. The number of phenolic OH excluding ortho intramolecular Hbond substituents is 4. The number of ketones is 4. The second-order valence-corrected chi connectivity index (χ2v) is 9.69. The molecule has 0 aliphatic carbocycles. The molecule has 1 aliphatic rings. The van der Waals surface area contributed by atoms with E-state index in [-0.39, 0.29) is 18.4 Å². The van der Waals surface area contributed by atoms with Gasteiger partial charge >= 0.3 is 5.97 Å². The van der Waals surface area contributed by atoms with Crippen LogP contribution in [-0.4, -0.2) is 55.1 Å². The predicted octanol–water partition coefficient (Wildman–Crippen LogP) is 3.64. The maximum absolute atomic E-state index is 14.5. The van der Waals surface area contributed by atoms with Gasteiger partial charge in [-0.25, -0.2) is 0 Å². The molecule has 3 rings (SSSR count). The molecule has 2 aromatic carbocycles. The van der Waals surface area contributed by atoms with Crippen molar-refractivity contribution in [1.82, 2.24) is 0 Å². The molecule has 1 aliphatic heterocycles. The number of ether oxygens (including phenoxy) is 2. The van der Waals surface area contributed by atoms with E-state index in [0.29, 0.717) is 0 Å². The summed E-state index contributed by atoms with van der Waals surface area (Å²) < 4.78 is 12.2. The van der Waals surface area contributed by atoms with Gasteiger partial charge in [0, 0.05) is 49.8 Å². The van der Waals surface area contributed by atoms with Crippen molar-refractivity contribution >= 4 is 29.1 Å². The van der Waals surface area contributed by atoms with Crippen molar-refractivity contribution in [1.29, 1.82) is 0 Å². The summed E-state index contributed by atoms with van der Waals surface area (Å²) in [5.74, 6) is -8.17. The lowest BCUT2D eigenvalue weighted by molar-refractivity contribution is -0.220. The van der Waals surface area contributed by atoms with Gasteiger partial charge in [0.2, 0.25) is 11.2 Å². The van der Waals surface area contributed by atoms with Crippen molar-refractivity contribution in [2.45, 2.75) is 83.3 Å². The van der Waals surface area contributed by atoms with Gasteiger partial charge in [-0.1, -0.05) is 40.7 Å². The van der Waals surface area contributed by atoms with Crippen LogP contribution in [0.2, 0.25) is 0 Å². The molecule has 0 radical (unpaired) electrons. The van der Waals surface area contributed by atoms with Gasteiger partial charge in [0.25, 0.3) is 0 Å². The Hall–Kier alpha value is -4.41. The lowest BCUT2D eigenvalue weighted by Gasteiger charge is -2.58. The van der Waals surface area contributed by atoms with Crippen molar-refractivity contribution in [2.24, 2.45) is 0 Å². The molecule has 2 aromatic rings. The van der Waals surface area contributed by atoms with Crippen LogP contribution in [0.3, 0.4) is 0 Å². The highest BCUT2D eigenvalue weighted by atomic mass is 16.6. The molecule has 0 amide bonds. The number of hydrogen-bond donors (Lipinski definition) is 4. The molecule has 11 nitrogen and oxygen atoms in total. The molecule has 2 unspecified atom stereocenters. The molecule has 0 fully saturated rings. The molecule has 0 bridgehead atoms. The van der Waals surface area contributed by atoms with Crippen LogP contribution in [0.1, 0.15) is 77.8 Å². The van der Waals surface area contributed by atoms with Crippen molar-refractivity contribution in [3.05, 3.63) is 41.5 Å². The lowest BCUT2D eigenvalue weighted by atomic mass is 9.49. The smallest absolute Gasteiger partial charge is 0.306 e. The zero-order valence-corrected chi connectivity index (χ0v) is 23.6. The topological polar surface area (TPSA) is 185 Å². The Morgan fingerprint density at radius 1 is 0.683 bits per heavy atom. The van der Waals surface area contributed by atoms with E-state index in [9.17, 15) is 44.4 Å². The zero-order valence-electron chi connectivity index (χ0n) is 23.6. The van der Waals surface area contributed by atoms with Crippen molar-refractivity contribution in [3.63, 3.8) is 0 Å². The van der Waals surface area contributed by atoms with E-state index < -0.39 is 99.3 Å². The number of rotatable bonds is 11. The van der Waals surface area contributed by atoms with Crippen molar-refractivity contribution in [2.75, 3.05) is 0 Å². The van der Waals surface area contributed by atoms with Gasteiger partial charge in [0.15, 0.2) is 40.0 Å². The zero-order chi connectivity index (χ0) is 30.9. The Morgan fingerprint density at radius 3 is 1.73 bits per heavy atom. The number of aromatic hydroxyl groups is 4. The normalized spacial score (nSPS) is 20.8. The third-order valence-electron chi connectivity index (χ3n) is 7.57. The van der Waals surface area contributed by atoms with Gasteiger partial charge in [-0.05, 0) is 12.1 Å². The first-order valence-corrected chi connectivity index (χ1v) is 13.4. The van der Waals surface area contributed by atoms with Gasteiger partial charge in [-0.2, -0.15) is 0 Å². The average molecular weight is 571 g/mol. The minimum Gasteiger partial charge on any atom is -0.508 e. The van der Waals surface area contributed by atoms with E-state index in [1.54, 1.807) is 0 Å². The quantitative estimate of drug-likeness (QED) is 0.176. The third kappa shape index (κ3) is 4.13. The highest BCUT2D eigenvalue weighted by molar-refractivity contribution is 6.22. The molecule has 2 atom stereocenters. The highest BCUT2D eigenvalue weighted by Crippen LogP contribution is 2.63. The van der Waals surface area contributed by atoms with Crippen LogP contribution in [0.15, 0.2) is 30.3 Å². The van der Waals surface area contributed by atoms with E-state index in [1.165, 1.54) is 34.6 Å². The summed E-state index contributed by atoms with van der Waals surface area (Å²) in [5, 5.41) is 42.2. The molecular formula is C30H34O11. The Kier molecular flexibility index (Phi) is 8.52. The summed E-state index contributed by atoms with van der Waals surface area (Å²) >= 11 is 0. The van der Waals surface area contributed by atoms with Gasteiger partial charge in [-0.3, -0.25) is 24.0 Å². The SMILES string of the molecule is CCC(=O)OC1(C(=O)CC)C(C(=O)CC)(c2ccc(O)c(O)c2)Oc2cc(O)cc(O)c2C1(C(=O)CC)C(=O)CC. The Labute approximate surface area is 236 Å². The Balaban J connectivity index is 2.88. The van der Waals surface area contributed by atoms with Crippen LogP contribution in [0.5, 0.6) is 28.7 Å². The monoisotopic (exact) mass is 570 g/mol. The summed E-state index contributed by atoms with van der Waals surface area (Å²) in [4.78, 5) is 70.8. The summed E-state index contributed by atoms with van der Waals surface area (Å²) in [6, 6.07) is 4.85. The molecule has 11 heteroatoms. The van der Waals surface area contributed by atoms with Crippen molar-refractivity contribution in [3.8, 4) is 28.7 Å². The number of fused-ring (bicyclic) bond motifs is 1. The first kappa shape index (κ1) is 31.1. The van der Waals surface area contributed by atoms with Crippen LogP contribution < -0.4 is 4.74 Å². The van der Waals surface area contributed by atoms with Crippen LogP contribution in [0.4, 0.5) is 0 Å². The summed E-state index contributed by atoms with van der Waals surface area (Å²) in [5.41, 5.74) is -9.58. The van der Waals surface area contributed by atoms with E-state index >= 15 is 0 Å². The molecular weight excluding hydrogens is 536 g/mol. The number of esters is 1. The van der Waals surface area contributed by atoms with Gasteiger partial charge in [0.05, 0.1) is 5.56 Å². The first-order chi connectivity index (χ1) is 19.3. The molecule has 0 aromatic heterocycles. The molecule has 0 saturated heterocycles.